The number of nitrogens with zero attached hydrogens (tertiary/aromatic N) is 1. The van der Waals surface area contributed by atoms with Crippen LogP contribution in [0.5, 0.6) is 0 Å². The second-order valence-corrected chi connectivity index (χ2v) is 9.41. The quantitative estimate of drug-likeness (QED) is 0.758. The molecule has 0 aliphatic carbocycles. The maximum absolute atomic E-state index is 12.8. The van der Waals surface area contributed by atoms with Crippen molar-refractivity contribution >= 4 is 15.9 Å². The van der Waals surface area contributed by atoms with Crippen LogP contribution in [0.25, 0.3) is 0 Å². The minimum atomic E-state index is -3.52. The van der Waals surface area contributed by atoms with Crippen molar-refractivity contribution in [3.8, 4) is 0 Å². The van der Waals surface area contributed by atoms with Crippen molar-refractivity contribution in [1.82, 2.24) is 9.62 Å². The third-order valence-corrected chi connectivity index (χ3v) is 6.87. The van der Waals surface area contributed by atoms with Crippen LogP contribution in [0.2, 0.25) is 0 Å². The van der Waals surface area contributed by atoms with Gasteiger partial charge in [-0.1, -0.05) is 20.3 Å². The number of carbonyl (C=O) groups is 1. The van der Waals surface area contributed by atoms with E-state index in [1.165, 1.54) is 12.1 Å². The van der Waals surface area contributed by atoms with Crippen molar-refractivity contribution in [2.45, 2.75) is 63.4 Å². The summed E-state index contributed by atoms with van der Waals surface area (Å²) < 4.78 is 27.2. The zero-order valence-corrected chi connectivity index (χ0v) is 16.8. The maximum atomic E-state index is 12.8. The Bertz CT molecular complexity index is 701. The summed E-state index contributed by atoms with van der Waals surface area (Å²) in [4.78, 5) is 12.6. The molecule has 0 aromatic heterocycles. The van der Waals surface area contributed by atoms with E-state index in [-0.39, 0.29) is 22.9 Å². The van der Waals surface area contributed by atoms with Gasteiger partial charge in [-0.05, 0) is 56.4 Å². The number of carbonyl (C=O) groups excluding carboxylic acids is 1. The number of amides is 1. The summed E-state index contributed by atoms with van der Waals surface area (Å²) in [6.07, 6.45) is 3.64. The van der Waals surface area contributed by atoms with E-state index in [4.69, 9.17) is 5.73 Å². The predicted molar refractivity (Wildman–Crippen MR) is 103 cm³/mol. The smallest absolute Gasteiger partial charge is 0.251 e. The molecule has 1 aromatic rings. The third kappa shape index (κ3) is 5.05. The second-order valence-electron chi connectivity index (χ2n) is 7.52. The third-order valence-electron chi connectivity index (χ3n) is 4.84. The van der Waals surface area contributed by atoms with Crippen molar-refractivity contribution in [3.63, 3.8) is 0 Å². The van der Waals surface area contributed by atoms with E-state index < -0.39 is 10.0 Å². The molecule has 0 spiro atoms. The Morgan fingerprint density at radius 1 is 1.27 bits per heavy atom. The molecule has 146 valence electrons. The van der Waals surface area contributed by atoms with Crippen LogP contribution in [0.1, 0.15) is 56.8 Å². The molecule has 1 saturated heterocycles. The van der Waals surface area contributed by atoms with Gasteiger partial charge in [0.05, 0.1) is 4.90 Å². The number of benzene rings is 1. The molecule has 26 heavy (non-hydrogen) atoms. The van der Waals surface area contributed by atoms with E-state index in [1.807, 2.05) is 6.92 Å². The van der Waals surface area contributed by atoms with Crippen molar-refractivity contribution in [1.29, 1.82) is 0 Å². The van der Waals surface area contributed by atoms with Crippen LogP contribution in [-0.2, 0) is 10.0 Å². The van der Waals surface area contributed by atoms with Gasteiger partial charge in [-0.3, -0.25) is 4.79 Å². The molecular weight excluding hydrogens is 350 g/mol. The summed E-state index contributed by atoms with van der Waals surface area (Å²) in [5, 5.41) is 2.92. The maximum Gasteiger partial charge on any atom is 0.251 e. The molecule has 2 atom stereocenters. The van der Waals surface area contributed by atoms with Gasteiger partial charge in [0.2, 0.25) is 10.0 Å². The average molecular weight is 382 g/mol. The molecular formula is C19H31N3O3S. The van der Waals surface area contributed by atoms with Gasteiger partial charge in [-0.25, -0.2) is 8.42 Å². The Kier molecular flexibility index (Phi) is 7.20. The SMILES string of the molecule is CC(C)CC(CN)NC(=O)c1ccc(S(=O)(=O)N2CCCCC2C)cc1. The molecule has 7 heteroatoms. The number of sulfonamides is 1. The van der Waals surface area contributed by atoms with Crippen LogP contribution in [-0.4, -0.2) is 43.8 Å². The van der Waals surface area contributed by atoms with Crippen LogP contribution < -0.4 is 11.1 Å². The Morgan fingerprint density at radius 2 is 1.92 bits per heavy atom. The van der Waals surface area contributed by atoms with E-state index >= 15 is 0 Å². The predicted octanol–water partition coefficient (Wildman–Crippen LogP) is 2.35. The number of nitrogens with one attached hydrogen (secondary N) is 1. The fourth-order valence-electron chi connectivity index (χ4n) is 3.39. The Hall–Kier alpha value is -1.44. The lowest BCUT2D eigenvalue weighted by molar-refractivity contribution is 0.0933. The zero-order valence-electron chi connectivity index (χ0n) is 15.9. The van der Waals surface area contributed by atoms with Crippen molar-refractivity contribution in [2.75, 3.05) is 13.1 Å². The summed E-state index contributed by atoms with van der Waals surface area (Å²) in [7, 11) is -3.52. The fourth-order valence-corrected chi connectivity index (χ4v) is 5.09. The molecule has 0 bridgehead atoms. The minimum Gasteiger partial charge on any atom is -0.348 e. The van der Waals surface area contributed by atoms with Gasteiger partial charge in [0, 0.05) is 30.7 Å². The summed E-state index contributed by atoms with van der Waals surface area (Å²) in [5.41, 5.74) is 6.17. The number of hydrogen-bond acceptors (Lipinski definition) is 4. The molecule has 1 fully saturated rings. The summed E-state index contributed by atoms with van der Waals surface area (Å²) in [6.45, 7) is 7.04. The summed E-state index contributed by atoms with van der Waals surface area (Å²) in [5.74, 6) is 0.208. The molecule has 0 saturated carbocycles. The monoisotopic (exact) mass is 381 g/mol. The largest absolute Gasteiger partial charge is 0.348 e. The molecule has 1 aliphatic rings. The first kappa shape index (κ1) is 20.9. The second kappa shape index (κ2) is 8.97. The van der Waals surface area contributed by atoms with E-state index in [0.29, 0.717) is 24.6 Å². The number of rotatable bonds is 7. The lowest BCUT2D eigenvalue weighted by Gasteiger charge is -2.32. The first-order valence-electron chi connectivity index (χ1n) is 9.38. The Morgan fingerprint density at radius 3 is 2.46 bits per heavy atom. The molecule has 0 radical (unpaired) electrons. The normalized spacial score (nSPS) is 20.1. The summed E-state index contributed by atoms with van der Waals surface area (Å²) in [6, 6.07) is 6.11. The van der Waals surface area contributed by atoms with Gasteiger partial charge in [0.25, 0.3) is 5.91 Å². The molecule has 2 rings (SSSR count). The van der Waals surface area contributed by atoms with Crippen molar-refractivity contribution in [2.24, 2.45) is 11.7 Å². The number of piperidine rings is 1. The van der Waals surface area contributed by atoms with Gasteiger partial charge in [-0.2, -0.15) is 4.31 Å². The first-order valence-corrected chi connectivity index (χ1v) is 10.8. The Labute approximate surface area is 157 Å². The number of hydrogen-bond donors (Lipinski definition) is 2. The topological polar surface area (TPSA) is 92.5 Å². The fraction of sp³-hybridized carbons (Fsp3) is 0.632. The molecule has 1 aliphatic heterocycles. The van der Waals surface area contributed by atoms with Crippen molar-refractivity contribution in [3.05, 3.63) is 29.8 Å². The van der Waals surface area contributed by atoms with E-state index in [0.717, 1.165) is 25.7 Å². The van der Waals surface area contributed by atoms with E-state index in [2.05, 4.69) is 19.2 Å². The van der Waals surface area contributed by atoms with Crippen molar-refractivity contribution < 1.29 is 13.2 Å². The van der Waals surface area contributed by atoms with Crippen LogP contribution in [0, 0.1) is 5.92 Å². The Balaban J connectivity index is 2.10. The highest BCUT2D eigenvalue weighted by Crippen LogP contribution is 2.25. The van der Waals surface area contributed by atoms with Gasteiger partial charge < -0.3 is 11.1 Å². The summed E-state index contributed by atoms with van der Waals surface area (Å²) >= 11 is 0. The minimum absolute atomic E-state index is 0.0121. The first-order chi connectivity index (χ1) is 12.3. The lowest BCUT2D eigenvalue weighted by atomic mass is 10.0. The van der Waals surface area contributed by atoms with Crippen LogP contribution in [0.15, 0.2) is 29.2 Å². The lowest BCUT2D eigenvalue weighted by Crippen LogP contribution is -2.42. The van der Waals surface area contributed by atoms with Gasteiger partial charge >= 0.3 is 0 Å². The van der Waals surface area contributed by atoms with Crippen LogP contribution in [0.4, 0.5) is 0 Å². The standard InChI is InChI=1S/C19H31N3O3S/c1-14(2)12-17(13-20)21-19(23)16-7-9-18(10-8-16)26(24,25)22-11-5-4-6-15(22)3/h7-10,14-15,17H,4-6,11-13,20H2,1-3H3,(H,21,23). The molecule has 1 heterocycles. The van der Waals surface area contributed by atoms with Crippen LogP contribution in [0.3, 0.4) is 0 Å². The molecule has 1 aromatic carbocycles. The molecule has 6 nitrogen and oxygen atoms in total. The van der Waals surface area contributed by atoms with E-state index in [9.17, 15) is 13.2 Å². The average Bonchev–Trinajstić information content (AvgIpc) is 2.61. The number of nitrogens with two attached hydrogens (primary N) is 1. The molecule has 3 N–H and O–H groups in total. The van der Waals surface area contributed by atoms with Gasteiger partial charge in [0.15, 0.2) is 0 Å². The highest BCUT2D eigenvalue weighted by molar-refractivity contribution is 7.89. The van der Waals surface area contributed by atoms with E-state index in [1.54, 1.807) is 16.4 Å². The highest BCUT2D eigenvalue weighted by atomic mass is 32.2. The zero-order chi connectivity index (χ0) is 19.3. The highest BCUT2D eigenvalue weighted by Gasteiger charge is 2.30. The molecule has 2 unspecified atom stereocenters. The molecule has 1 amide bonds. The van der Waals surface area contributed by atoms with Gasteiger partial charge in [-0.15, -0.1) is 0 Å². The van der Waals surface area contributed by atoms with Crippen LogP contribution >= 0.6 is 0 Å². The van der Waals surface area contributed by atoms with Gasteiger partial charge in [0.1, 0.15) is 0 Å².